The normalized spacial score (nSPS) is 10.7. The van der Waals surface area contributed by atoms with Gasteiger partial charge in [0.05, 0.1) is 18.4 Å². The van der Waals surface area contributed by atoms with Crippen LogP contribution in [-0.4, -0.2) is 25.5 Å². The molecule has 0 aliphatic heterocycles. The molecule has 9 heteroatoms. The fourth-order valence-electron chi connectivity index (χ4n) is 2.78. The van der Waals surface area contributed by atoms with Gasteiger partial charge in [-0.2, -0.15) is 10.2 Å². The average molecular weight is 426 g/mol. The first-order valence-corrected chi connectivity index (χ1v) is 9.43. The molecule has 2 aromatic heterocycles. The fourth-order valence-corrected chi connectivity index (χ4v) is 2.96. The second-order valence-corrected chi connectivity index (χ2v) is 6.92. The zero-order valence-corrected chi connectivity index (χ0v) is 16.5. The van der Waals surface area contributed by atoms with Crippen LogP contribution in [-0.2, 0) is 13.3 Å². The molecule has 0 bridgehead atoms. The summed E-state index contributed by atoms with van der Waals surface area (Å²) < 4.78 is 22.0. The van der Waals surface area contributed by atoms with Crippen LogP contribution in [0.1, 0.15) is 16.1 Å². The van der Waals surface area contributed by atoms with Crippen LogP contribution in [0.25, 0.3) is 0 Å². The van der Waals surface area contributed by atoms with Crippen molar-refractivity contribution in [1.29, 1.82) is 0 Å². The minimum Gasteiger partial charge on any atom is -0.471 e. The highest BCUT2D eigenvalue weighted by molar-refractivity contribution is 6.30. The summed E-state index contributed by atoms with van der Waals surface area (Å²) in [4.78, 5) is 12.4. The molecule has 0 saturated carbocycles. The zero-order valence-electron chi connectivity index (χ0n) is 15.7. The molecule has 4 rings (SSSR count). The third-order valence-electron chi connectivity index (χ3n) is 4.16. The van der Waals surface area contributed by atoms with Gasteiger partial charge in [0.25, 0.3) is 5.91 Å². The Hall–Kier alpha value is -3.65. The van der Waals surface area contributed by atoms with Gasteiger partial charge in [-0.1, -0.05) is 29.8 Å². The Balaban J connectivity index is 1.34. The van der Waals surface area contributed by atoms with E-state index in [1.165, 1.54) is 23.0 Å². The highest BCUT2D eigenvalue weighted by Crippen LogP contribution is 2.17. The van der Waals surface area contributed by atoms with Crippen LogP contribution in [0.4, 0.5) is 10.1 Å². The molecule has 0 unspecified atom stereocenters. The quantitative estimate of drug-likeness (QED) is 0.481. The van der Waals surface area contributed by atoms with Crippen LogP contribution in [0.5, 0.6) is 5.75 Å². The second kappa shape index (κ2) is 8.79. The summed E-state index contributed by atoms with van der Waals surface area (Å²) >= 11 is 5.92. The number of aromatic nitrogens is 4. The predicted molar refractivity (Wildman–Crippen MR) is 110 cm³/mol. The Bertz CT molecular complexity index is 1170. The lowest BCUT2D eigenvalue weighted by Gasteiger charge is -2.06. The molecule has 152 valence electrons. The average Bonchev–Trinajstić information content (AvgIpc) is 3.36. The number of halogens is 2. The van der Waals surface area contributed by atoms with Gasteiger partial charge in [-0.15, -0.1) is 0 Å². The number of rotatable bonds is 7. The lowest BCUT2D eigenvalue weighted by atomic mass is 10.2. The number of hydrogen-bond acceptors (Lipinski definition) is 4. The van der Waals surface area contributed by atoms with Crippen LogP contribution in [0.15, 0.2) is 73.2 Å². The van der Waals surface area contributed by atoms with E-state index in [2.05, 4.69) is 15.5 Å². The Morgan fingerprint density at radius 2 is 2.00 bits per heavy atom. The van der Waals surface area contributed by atoms with Crippen molar-refractivity contribution in [2.24, 2.45) is 0 Å². The van der Waals surface area contributed by atoms with Gasteiger partial charge in [-0.25, -0.2) is 9.07 Å². The van der Waals surface area contributed by atoms with Gasteiger partial charge in [0.15, 0.2) is 12.4 Å². The number of benzene rings is 2. The lowest BCUT2D eigenvalue weighted by Crippen LogP contribution is -2.14. The Morgan fingerprint density at radius 1 is 1.13 bits per heavy atom. The van der Waals surface area contributed by atoms with Crippen molar-refractivity contribution in [2.45, 2.75) is 13.3 Å². The Labute approximate surface area is 176 Å². The molecule has 2 heterocycles. The molecule has 1 amide bonds. The first-order chi connectivity index (χ1) is 14.5. The molecule has 4 aromatic rings. The van der Waals surface area contributed by atoms with Crippen molar-refractivity contribution < 1.29 is 13.9 Å². The number of carbonyl (C=O) groups is 1. The molecule has 0 radical (unpaired) electrons. The van der Waals surface area contributed by atoms with Crippen LogP contribution < -0.4 is 10.1 Å². The molecule has 0 aliphatic rings. The number of anilines is 1. The maximum atomic E-state index is 13.3. The number of amides is 1. The first kappa shape index (κ1) is 19.7. The Kier molecular flexibility index (Phi) is 5.76. The van der Waals surface area contributed by atoms with E-state index in [9.17, 15) is 9.18 Å². The molecule has 30 heavy (non-hydrogen) atoms. The first-order valence-electron chi connectivity index (χ1n) is 9.05. The van der Waals surface area contributed by atoms with E-state index in [1.54, 1.807) is 59.5 Å². The van der Waals surface area contributed by atoms with Gasteiger partial charge >= 0.3 is 0 Å². The van der Waals surface area contributed by atoms with Gasteiger partial charge in [-0.05, 0) is 42.0 Å². The molecule has 0 spiro atoms. The van der Waals surface area contributed by atoms with Crippen LogP contribution in [0.3, 0.4) is 0 Å². The van der Waals surface area contributed by atoms with Gasteiger partial charge < -0.3 is 10.1 Å². The highest BCUT2D eigenvalue weighted by Gasteiger charge is 2.11. The summed E-state index contributed by atoms with van der Waals surface area (Å²) in [5.74, 6) is -0.0698. The minimum absolute atomic E-state index is 0.138. The van der Waals surface area contributed by atoms with E-state index < -0.39 is 0 Å². The smallest absolute Gasteiger partial charge is 0.276 e. The second-order valence-electron chi connectivity index (χ2n) is 6.48. The summed E-state index contributed by atoms with van der Waals surface area (Å²) in [7, 11) is 0. The van der Waals surface area contributed by atoms with Gasteiger partial charge in [0, 0.05) is 17.4 Å². The van der Waals surface area contributed by atoms with Crippen molar-refractivity contribution in [3.63, 3.8) is 0 Å². The van der Waals surface area contributed by atoms with E-state index in [4.69, 9.17) is 16.3 Å². The van der Waals surface area contributed by atoms with E-state index in [0.717, 1.165) is 5.56 Å². The molecule has 0 aliphatic carbocycles. The number of ether oxygens (including phenoxy) is 1. The lowest BCUT2D eigenvalue weighted by molar-refractivity contribution is 0.102. The predicted octanol–water partition coefficient (Wildman–Crippen LogP) is 4.21. The summed E-state index contributed by atoms with van der Waals surface area (Å²) in [5.41, 5.74) is 1.53. The SMILES string of the molecule is O=C(Nc1cnn(Cc2cccc(F)c2)c1)c1ccn(COc2cccc(Cl)c2)n1. The number of nitrogens with zero attached hydrogens (tertiary/aromatic N) is 4. The van der Waals surface area contributed by atoms with Gasteiger partial charge in [0.1, 0.15) is 11.6 Å². The molecule has 2 aromatic carbocycles. The van der Waals surface area contributed by atoms with Crippen molar-refractivity contribution in [3.05, 3.63) is 95.3 Å². The molecule has 0 fully saturated rings. The van der Waals surface area contributed by atoms with Crippen molar-refractivity contribution in [2.75, 3.05) is 5.32 Å². The third-order valence-corrected chi connectivity index (χ3v) is 4.39. The van der Waals surface area contributed by atoms with Crippen molar-refractivity contribution >= 4 is 23.2 Å². The van der Waals surface area contributed by atoms with E-state index in [-0.39, 0.29) is 24.1 Å². The van der Waals surface area contributed by atoms with Crippen LogP contribution in [0.2, 0.25) is 5.02 Å². The molecule has 0 atom stereocenters. The molecule has 7 nitrogen and oxygen atoms in total. The number of carbonyl (C=O) groups excluding carboxylic acids is 1. The summed E-state index contributed by atoms with van der Waals surface area (Å²) in [6.07, 6.45) is 4.84. The van der Waals surface area contributed by atoms with Gasteiger partial charge in [0.2, 0.25) is 0 Å². The zero-order chi connectivity index (χ0) is 20.9. The van der Waals surface area contributed by atoms with Crippen LogP contribution in [0, 0.1) is 5.82 Å². The Morgan fingerprint density at radius 3 is 2.83 bits per heavy atom. The summed E-state index contributed by atoms with van der Waals surface area (Å²) in [6.45, 7) is 0.530. The van der Waals surface area contributed by atoms with E-state index in [1.807, 2.05) is 0 Å². The maximum absolute atomic E-state index is 13.3. The monoisotopic (exact) mass is 425 g/mol. The summed E-state index contributed by atoms with van der Waals surface area (Å²) in [6, 6.07) is 14.9. The maximum Gasteiger partial charge on any atom is 0.276 e. The molecule has 1 N–H and O–H groups in total. The van der Waals surface area contributed by atoms with Crippen LogP contribution >= 0.6 is 11.6 Å². The van der Waals surface area contributed by atoms with E-state index >= 15 is 0 Å². The molecular formula is C21H17ClFN5O2. The van der Waals surface area contributed by atoms with Crippen molar-refractivity contribution in [1.82, 2.24) is 19.6 Å². The summed E-state index contributed by atoms with van der Waals surface area (Å²) in [5, 5.41) is 11.7. The highest BCUT2D eigenvalue weighted by atomic mass is 35.5. The van der Waals surface area contributed by atoms with E-state index in [0.29, 0.717) is 23.0 Å². The minimum atomic E-state index is -0.373. The third kappa shape index (κ3) is 5.03. The fraction of sp³-hybridized carbons (Fsp3) is 0.0952. The van der Waals surface area contributed by atoms with Crippen molar-refractivity contribution in [3.8, 4) is 5.75 Å². The van der Waals surface area contributed by atoms with Gasteiger partial charge in [-0.3, -0.25) is 9.48 Å². The molecule has 0 saturated heterocycles. The molecular weight excluding hydrogens is 409 g/mol. The number of nitrogens with one attached hydrogen (secondary N) is 1. The number of hydrogen-bond donors (Lipinski definition) is 1. The largest absolute Gasteiger partial charge is 0.471 e. The topological polar surface area (TPSA) is 74.0 Å². The standard InChI is InChI=1S/C21H17ClFN5O2/c22-16-4-2-6-19(10-16)30-14-27-8-7-20(26-27)21(29)25-18-11-24-28(13-18)12-15-3-1-5-17(23)9-15/h1-11,13H,12,14H2,(H,25,29).